The minimum absolute atomic E-state index is 0.0217. The third-order valence-corrected chi connectivity index (χ3v) is 9.55. The van der Waals surface area contributed by atoms with Crippen LogP contribution < -0.4 is 20.1 Å². The summed E-state index contributed by atoms with van der Waals surface area (Å²) in [5, 5.41) is 6.38. The molecule has 1 aromatic heterocycles. The summed E-state index contributed by atoms with van der Waals surface area (Å²) in [6, 6.07) is 14.4. The molecular weight excluding hydrogens is 652 g/mol. The number of hydrogen-bond donors (Lipinski definition) is 2. The van der Waals surface area contributed by atoms with Crippen molar-refractivity contribution >= 4 is 34.8 Å². The summed E-state index contributed by atoms with van der Waals surface area (Å²) >= 11 is 0. The summed E-state index contributed by atoms with van der Waals surface area (Å²) in [4.78, 5) is 59.7. The number of fused-ring (bicyclic) bond motifs is 1. The van der Waals surface area contributed by atoms with Crippen LogP contribution in [0.25, 0.3) is 22.2 Å². The van der Waals surface area contributed by atoms with Crippen LogP contribution in [-0.2, 0) is 23.9 Å². The lowest BCUT2D eigenvalue weighted by Crippen LogP contribution is -2.56. The Morgan fingerprint density at radius 1 is 1.02 bits per heavy atom. The molecule has 0 unspecified atom stereocenters. The predicted octanol–water partition coefficient (Wildman–Crippen LogP) is 5.35. The van der Waals surface area contributed by atoms with E-state index in [1.807, 2.05) is 60.7 Å². The molecular formula is C39H46N4O8. The van der Waals surface area contributed by atoms with E-state index in [0.717, 1.165) is 30.2 Å². The number of urea groups is 1. The number of esters is 2. The number of methoxy groups -OCH3 is 3. The van der Waals surface area contributed by atoms with Gasteiger partial charge in [-0.1, -0.05) is 55.3 Å². The predicted molar refractivity (Wildman–Crippen MR) is 192 cm³/mol. The van der Waals surface area contributed by atoms with Crippen molar-refractivity contribution in [2.45, 2.75) is 68.7 Å². The molecule has 1 saturated heterocycles. The summed E-state index contributed by atoms with van der Waals surface area (Å²) in [5.41, 5.74) is 0.932. The molecule has 12 nitrogen and oxygen atoms in total. The van der Waals surface area contributed by atoms with Gasteiger partial charge in [0.05, 0.1) is 39.1 Å². The Labute approximate surface area is 298 Å². The second kappa shape index (κ2) is 16.5. The van der Waals surface area contributed by atoms with Gasteiger partial charge >= 0.3 is 18.0 Å². The van der Waals surface area contributed by atoms with Gasteiger partial charge in [-0.25, -0.2) is 19.4 Å². The SMILES string of the molecule is C=CCCCCC[C@H](NC(=O)N1C[C@H](Oc2cc(-c3ccccc3)nc3cc(OC)ccc23)C[C@H]1C(=O)N[C@]1(C(=O)OC)C[C@H]1C=C)C(=O)OC. The average Bonchev–Trinajstić information content (AvgIpc) is 3.71. The fraction of sp³-hybridized carbons (Fsp3) is 0.410. The van der Waals surface area contributed by atoms with Crippen molar-refractivity contribution in [2.75, 3.05) is 27.9 Å². The van der Waals surface area contributed by atoms with Crippen molar-refractivity contribution in [2.24, 2.45) is 5.92 Å². The van der Waals surface area contributed by atoms with Crippen molar-refractivity contribution in [1.29, 1.82) is 0 Å². The van der Waals surface area contributed by atoms with Gasteiger partial charge < -0.3 is 34.5 Å². The molecule has 51 heavy (non-hydrogen) atoms. The topological polar surface area (TPSA) is 145 Å². The Kier molecular flexibility index (Phi) is 12.0. The zero-order chi connectivity index (χ0) is 36.5. The zero-order valence-electron chi connectivity index (χ0n) is 29.4. The molecule has 3 aromatic rings. The molecule has 270 valence electrons. The maximum absolute atomic E-state index is 14.0. The third kappa shape index (κ3) is 8.33. The highest BCUT2D eigenvalue weighted by Crippen LogP contribution is 2.45. The zero-order valence-corrected chi connectivity index (χ0v) is 29.4. The lowest BCUT2D eigenvalue weighted by Gasteiger charge is -2.27. The fourth-order valence-electron chi connectivity index (χ4n) is 6.62. The van der Waals surface area contributed by atoms with Gasteiger partial charge in [0.1, 0.15) is 35.2 Å². The van der Waals surface area contributed by atoms with E-state index in [1.54, 1.807) is 13.2 Å². The van der Waals surface area contributed by atoms with Crippen molar-refractivity contribution in [3.63, 3.8) is 0 Å². The first-order valence-electron chi connectivity index (χ1n) is 17.2. The second-order valence-electron chi connectivity index (χ2n) is 12.8. The lowest BCUT2D eigenvalue weighted by atomic mass is 10.1. The molecule has 0 spiro atoms. The molecule has 2 N–H and O–H groups in total. The largest absolute Gasteiger partial charge is 0.497 e. The van der Waals surface area contributed by atoms with Crippen LogP contribution in [0.3, 0.4) is 0 Å². The van der Waals surface area contributed by atoms with E-state index in [2.05, 4.69) is 23.8 Å². The van der Waals surface area contributed by atoms with Gasteiger partial charge in [0, 0.05) is 35.4 Å². The number of aromatic nitrogens is 1. The van der Waals surface area contributed by atoms with Crippen LogP contribution in [0.2, 0.25) is 0 Å². The van der Waals surface area contributed by atoms with Crippen LogP contribution in [0, 0.1) is 5.92 Å². The lowest BCUT2D eigenvalue weighted by molar-refractivity contribution is -0.147. The van der Waals surface area contributed by atoms with E-state index < -0.39 is 47.6 Å². The van der Waals surface area contributed by atoms with Crippen molar-refractivity contribution in [3.8, 4) is 22.8 Å². The molecule has 5 atom stereocenters. The van der Waals surface area contributed by atoms with Gasteiger partial charge in [-0.05, 0) is 37.8 Å². The number of likely N-dealkylation sites (tertiary alicyclic amines) is 1. The number of ether oxygens (including phenoxy) is 4. The molecule has 2 aromatic carbocycles. The Morgan fingerprint density at radius 2 is 1.80 bits per heavy atom. The van der Waals surface area contributed by atoms with E-state index in [1.165, 1.54) is 19.1 Å². The van der Waals surface area contributed by atoms with Crippen molar-refractivity contribution in [1.82, 2.24) is 20.5 Å². The highest BCUT2D eigenvalue weighted by molar-refractivity contribution is 5.96. The number of nitrogens with one attached hydrogen (secondary N) is 2. The summed E-state index contributed by atoms with van der Waals surface area (Å²) in [5.74, 6) is -0.879. The van der Waals surface area contributed by atoms with E-state index in [4.69, 9.17) is 23.9 Å². The number of unbranched alkanes of at least 4 members (excludes halogenated alkanes) is 3. The molecule has 12 heteroatoms. The Balaban J connectivity index is 1.44. The molecule has 0 bridgehead atoms. The van der Waals surface area contributed by atoms with Gasteiger partial charge in [0.2, 0.25) is 5.91 Å². The Hall–Kier alpha value is -5.39. The summed E-state index contributed by atoms with van der Waals surface area (Å²) in [6.45, 7) is 7.55. The van der Waals surface area contributed by atoms with E-state index in [-0.39, 0.29) is 18.9 Å². The first kappa shape index (κ1) is 36.9. The van der Waals surface area contributed by atoms with E-state index in [0.29, 0.717) is 42.0 Å². The summed E-state index contributed by atoms with van der Waals surface area (Å²) in [7, 11) is 4.11. The molecule has 2 aliphatic rings. The number of pyridine rings is 1. The maximum Gasteiger partial charge on any atom is 0.332 e. The highest BCUT2D eigenvalue weighted by Gasteiger charge is 2.62. The number of benzene rings is 2. The van der Waals surface area contributed by atoms with Crippen LogP contribution in [0.4, 0.5) is 4.79 Å². The van der Waals surface area contributed by atoms with Crippen LogP contribution >= 0.6 is 0 Å². The maximum atomic E-state index is 14.0. The summed E-state index contributed by atoms with van der Waals surface area (Å²) in [6.07, 6.45) is 6.90. The molecule has 2 fully saturated rings. The van der Waals surface area contributed by atoms with Crippen LogP contribution in [0.15, 0.2) is 79.9 Å². The van der Waals surface area contributed by atoms with E-state index in [9.17, 15) is 19.2 Å². The molecule has 3 amide bonds. The first-order valence-corrected chi connectivity index (χ1v) is 17.2. The van der Waals surface area contributed by atoms with Gasteiger partial charge in [0.15, 0.2) is 0 Å². The molecule has 1 saturated carbocycles. The molecule has 1 aliphatic heterocycles. The minimum Gasteiger partial charge on any atom is -0.497 e. The van der Waals surface area contributed by atoms with Gasteiger partial charge in [-0.15, -0.1) is 13.2 Å². The van der Waals surface area contributed by atoms with Gasteiger partial charge in [-0.2, -0.15) is 0 Å². The normalized spacial score (nSPS) is 21.2. The molecule has 1 aliphatic carbocycles. The Morgan fingerprint density at radius 3 is 2.47 bits per heavy atom. The van der Waals surface area contributed by atoms with Crippen molar-refractivity contribution < 1.29 is 38.1 Å². The minimum atomic E-state index is -1.26. The average molecular weight is 699 g/mol. The van der Waals surface area contributed by atoms with Crippen LogP contribution in [0.5, 0.6) is 11.5 Å². The molecule has 2 heterocycles. The number of hydrogen-bond acceptors (Lipinski definition) is 9. The smallest absolute Gasteiger partial charge is 0.332 e. The number of carbonyl (C=O) groups is 4. The standard InChI is InChI=1S/C39H46N4O8/c1-6-8-9-10-14-17-30(36(45)49-4)41-38(47)43-24-28(21-33(43)35(44)42-39(37(46)50-5)23-26(39)7-2)51-34-22-31(25-15-12-11-13-16-25)40-32-20-27(48-3)18-19-29(32)34/h6-7,11-13,15-16,18-20,22,26,28,30,33H,1-2,8-10,14,17,21,23-24H2,3-5H3,(H,41,47)(H,42,44)/t26-,28-,30+,33+,39-/m1/s1. The van der Waals surface area contributed by atoms with Crippen molar-refractivity contribution in [3.05, 3.63) is 79.9 Å². The number of nitrogens with zero attached hydrogens (tertiary/aromatic N) is 2. The van der Waals surface area contributed by atoms with Gasteiger partial charge in [0.25, 0.3) is 0 Å². The third-order valence-electron chi connectivity index (χ3n) is 9.55. The number of rotatable bonds is 16. The van der Waals surface area contributed by atoms with Gasteiger partial charge in [-0.3, -0.25) is 4.79 Å². The van der Waals surface area contributed by atoms with E-state index >= 15 is 0 Å². The Bertz CT molecular complexity index is 1760. The fourth-order valence-corrected chi connectivity index (χ4v) is 6.62. The monoisotopic (exact) mass is 698 g/mol. The quantitative estimate of drug-likeness (QED) is 0.115. The molecule has 0 radical (unpaired) electrons. The first-order chi connectivity index (χ1) is 24.7. The molecule has 5 rings (SSSR count). The number of carbonyl (C=O) groups excluding carboxylic acids is 4. The number of allylic oxidation sites excluding steroid dienone is 1. The second-order valence-corrected chi connectivity index (χ2v) is 12.8. The van der Waals surface area contributed by atoms with Crippen LogP contribution in [-0.4, -0.2) is 85.4 Å². The highest BCUT2D eigenvalue weighted by atomic mass is 16.5. The summed E-state index contributed by atoms with van der Waals surface area (Å²) < 4.78 is 22.1. The van der Waals surface area contributed by atoms with Crippen LogP contribution in [0.1, 0.15) is 44.9 Å². The number of amides is 3.